The van der Waals surface area contributed by atoms with Crippen molar-refractivity contribution in [2.45, 2.75) is 44.7 Å². The molecule has 0 bridgehead atoms. The normalized spacial score (nSPS) is 18.5. The van der Waals surface area contributed by atoms with Crippen LogP contribution in [0.4, 0.5) is 0 Å². The molecule has 0 amide bonds. The van der Waals surface area contributed by atoms with E-state index in [1.807, 2.05) is 13.1 Å². The topological polar surface area (TPSA) is 15.3 Å². The van der Waals surface area contributed by atoms with Crippen molar-refractivity contribution in [1.29, 1.82) is 0 Å². The summed E-state index contributed by atoms with van der Waals surface area (Å²) < 4.78 is 0. The van der Waals surface area contributed by atoms with E-state index in [2.05, 4.69) is 23.7 Å². The van der Waals surface area contributed by atoms with E-state index < -0.39 is 0 Å². The molecule has 1 unspecified atom stereocenters. The average Bonchev–Trinajstić information content (AvgIpc) is 2.98. The molecular weight excluding hydrogens is 172 g/mol. The third-order valence-electron chi connectivity index (χ3n) is 2.97. The van der Waals surface area contributed by atoms with Crippen LogP contribution in [0.3, 0.4) is 0 Å². The lowest BCUT2D eigenvalue weighted by Crippen LogP contribution is -2.35. The maximum atomic E-state index is 3.84. The molecule has 2 nitrogen and oxygen atoms in total. The van der Waals surface area contributed by atoms with E-state index in [1.165, 1.54) is 25.7 Å². The van der Waals surface area contributed by atoms with Crippen LogP contribution in [0, 0.1) is 0 Å². The smallest absolute Gasteiger partial charge is 0.0166 e. The molecule has 82 valence electrons. The van der Waals surface area contributed by atoms with Gasteiger partial charge < -0.3 is 5.32 Å². The molecule has 0 aromatic rings. The largest absolute Gasteiger partial charge is 0.320 e. The Bertz CT molecular complexity index is 164. The summed E-state index contributed by atoms with van der Waals surface area (Å²) in [5.74, 6) is 0. The lowest BCUT2D eigenvalue weighted by atomic mass is 10.1. The first-order valence-corrected chi connectivity index (χ1v) is 5.80. The minimum atomic E-state index is 0.717. The Balaban J connectivity index is 2.22. The summed E-state index contributed by atoms with van der Waals surface area (Å²) >= 11 is 0. The van der Waals surface area contributed by atoms with Crippen LogP contribution < -0.4 is 5.32 Å². The molecule has 1 aliphatic carbocycles. The first-order valence-electron chi connectivity index (χ1n) is 5.80. The molecule has 0 aromatic heterocycles. The molecule has 14 heavy (non-hydrogen) atoms. The van der Waals surface area contributed by atoms with Gasteiger partial charge in [0.05, 0.1) is 0 Å². The van der Waals surface area contributed by atoms with Gasteiger partial charge in [-0.05, 0) is 46.2 Å². The minimum absolute atomic E-state index is 0.717. The van der Waals surface area contributed by atoms with Crippen molar-refractivity contribution >= 4 is 0 Å². The summed E-state index contributed by atoms with van der Waals surface area (Å²) in [6, 6.07) is 1.58. The third kappa shape index (κ3) is 3.81. The molecule has 1 saturated carbocycles. The molecule has 1 aliphatic rings. The van der Waals surface area contributed by atoms with Crippen LogP contribution in [0.1, 0.15) is 32.6 Å². The van der Waals surface area contributed by atoms with Crippen LogP contribution in [0.25, 0.3) is 0 Å². The quantitative estimate of drug-likeness (QED) is 0.472. The third-order valence-corrected chi connectivity index (χ3v) is 2.97. The summed E-state index contributed by atoms with van der Waals surface area (Å²) in [6.45, 7) is 8.38. The monoisotopic (exact) mass is 196 g/mol. The number of hydrogen-bond donors (Lipinski definition) is 1. The number of hydrogen-bond acceptors (Lipinski definition) is 2. The maximum absolute atomic E-state index is 3.84. The molecule has 1 fully saturated rings. The van der Waals surface area contributed by atoms with Crippen molar-refractivity contribution < 1.29 is 0 Å². The van der Waals surface area contributed by atoms with Crippen molar-refractivity contribution in [2.75, 3.05) is 20.1 Å². The number of nitrogens with one attached hydrogen (secondary N) is 1. The Labute approximate surface area is 88.4 Å². The van der Waals surface area contributed by atoms with Crippen LogP contribution in [-0.2, 0) is 0 Å². The highest BCUT2D eigenvalue weighted by Crippen LogP contribution is 2.29. The van der Waals surface area contributed by atoms with Crippen molar-refractivity contribution in [3.8, 4) is 0 Å². The van der Waals surface area contributed by atoms with E-state index in [0.717, 1.165) is 19.1 Å². The lowest BCUT2D eigenvalue weighted by Gasteiger charge is -2.27. The summed E-state index contributed by atoms with van der Waals surface area (Å²) in [4.78, 5) is 2.60. The molecule has 0 heterocycles. The average molecular weight is 196 g/mol. The van der Waals surface area contributed by atoms with E-state index in [-0.39, 0.29) is 0 Å². The fraction of sp³-hybridized carbons (Fsp3) is 0.833. The Morgan fingerprint density at radius 2 is 2.29 bits per heavy atom. The van der Waals surface area contributed by atoms with Gasteiger partial charge in [-0.2, -0.15) is 0 Å². The Kier molecular flexibility index (Phi) is 5.20. The fourth-order valence-electron chi connectivity index (χ4n) is 1.98. The number of rotatable bonds is 8. The van der Waals surface area contributed by atoms with Crippen molar-refractivity contribution in [3.05, 3.63) is 12.7 Å². The fourth-order valence-corrected chi connectivity index (χ4v) is 1.98. The standard InChI is InChI=1S/C12H24N2/c1-4-10-14(12-7-8-12)11(2)6-5-9-13-3/h4,11-13H,1,5-10H2,2-3H3. The second kappa shape index (κ2) is 6.20. The van der Waals surface area contributed by atoms with Gasteiger partial charge in [-0.15, -0.1) is 6.58 Å². The highest BCUT2D eigenvalue weighted by molar-refractivity contribution is 4.90. The first kappa shape index (κ1) is 11.7. The van der Waals surface area contributed by atoms with Gasteiger partial charge in [0.25, 0.3) is 0 Å². The minimum Gasteiger partial charge on any atom is -0.320 e. The lowest BCUT2D eigenvalue weighted by molar-refractivity contribution is 0.208. The van der Waals surface area contributed by atoms with Crippen LogP contribution in [-0.4, -0.2) is 37.1 Å². The number of nitrogens with zero attached hydrogens (tertiary/aromatic N) is 1. The Morgan fingerprint density at radius 3 is 2.79 bits per heavy atom. The van der Waals surface area contributed by atoms with E-state index in [4.69, 9.17) is 0 Å². The predicted molar refractivity (Wildman–Crippen MR) is 62.5 cm³/mol. The second-order valence-corrected chi connectivity index (χ2v) is 4.31. The molecule has 0 spiro atoms. The van der Waals surface area contributed by atoms with E-state index in [0.29, 0.717) is 6.04 Å². The zero-order valence-corrected chi connectivity index (χ0v) is 9.63. The molecule has 0 radical (unpaired) electrons. The molecule has 0 saturated heterocycles. The summed E-state index contributed by atoms with van der Waals surface area (Å²) in [5, 5.41) is 3.20. The zero-order valence-electron chi connectivity index (χ0n) is 9.63. The van der Waals surface area contributed by atoms with Crippen molar-refractivity contribution in [2.24, 2.45) is 0 Å². The van der Waals surface area contributed by atoms with Crippen LogP contribution in [0.15, 0.2) is 12.7 Å². The van der Waals surface area contributed by atoms with Gasteiger partial charge in [-0.1, -0.05) is 6.08 Å². The SMILES string of the molecule is C=CCN(C(C)CCCNC)C1CC1. The summed E-state index contributed by atoms with van der Waals surface area (Å²) in [6.07, 6.45) is 7.39. The Morgan fingerprint density at radius 1 is 1.57 bits per heavy atom. The molecule has 0 aromatic carbocycles. The summed E-state index contributed by atoms with van der Waals surface area (Å²) in [5.41, 5.74) is 0. The molecule has 1 atom stereocenters. The van der Waals surface area contributed by atoms with Gasteiger partial charge in [0, 0.05) is 18.6 Å². The first-order chi connectivity index (χ1) is 6.79. The highest BCUT2D eigenvalue weighted by atomic mass is 15.2. The Hall–Kier alpha value is -0.340. The van der Waals surface area contributed by atoms with Gasteiger partial charge in [0.2, 0.25) is 0 Å². The van der Waals surface area contributed by atoms with Gasteiger partial charge in [0.15, 0.2) is 0 Å². The van der Waals surface area contributed by atoms with Crippen molar-refractivity contribution in [3.63, 3.8) is 0 Å². The van der Waals surface area contributed by atoms with Crippen LogP contribution in [0.2, 0.25) is 0 Å². The predicted octanol–water partition coefficient (Wildman–Crippen LogP) is 2.02. The molecular formula is C12H24N2. The molecule has 0 aliphatic heterocycles. The van der Waals surface area contributed by atoms with Gasteiger partial charge in [0.1, 0.15) is 0 Å². The van der Waals surface area contributed by atoms with E-state index in [9.17, 15) is 0 Å². The van der Waals surface area contributed by atoms with E-state index >= 15 is 0 Å². The van der Waals surface area contributed by atoms with Gasteiger partial charge >= 0.3 is 0 Å². The van der Waals surface area contributed by atoms with Gasteiger partial charge in [-0.3, -0.25) is 4.90 Å². The van der Waals surface area contributed by atoms with Crippen molar-refractivity contribution in [1.82, 2.24) is 10.2 Å². The molecule has 1 N–H and O–H groups in total. The van der Waals surface area contributed by atoms with Gasteiger partial charge in [-0.25, -0.2) is 0 Å². The summed E-state index contributed by atoms with van der Waals surface area (Å²) in [7, 11) is 2.02. The van der Waals surface area contributed by atoms with E-state index in [1.54, 1.807) is 0 Å². The maximum Gasteiger partial charge on any atom is 0.0166 e. The van der Waals surface area contributed by atoms with Crippen LogP contribution >= 0.6 is 0 Å². The molecule has 1 rings (SSSR count). The van der Waals surface area contributed by atoms with Crippen LogP contribution in [0.5, 0.6) is 0 Å². The highest BCUT2D eigenvalue weighted by Gasteiger charge is 2.30. The zero-order chi connectivity index (χ0) is 10.4. The molecule has 2 heteroatoms. The second-order valence-electron chi connectivity index (χ2n) is 4.31.